The molecule has 14 heavy (non-hydrogen) atoms. The Morgan fingerprint density at radius 3 is 2.50 bits per heavy atom. The molecule has 0 unspecified atom stereocenters. The summed E-state index contributed by atoms with van der Waals surface area (Å²) in [4.78, 5) is 3.76. The molecule has 0 aliphatic heterocycles. The zero-order chi connectivity index (χ0) is 10.4. The van der Waals surface area contributed by atoms with Crippen LogP contribution in [0.3, 0.4) is 0 Å². The molecule has 0 fully saturated rings. The molecule has 0 aliphatic carbocycles. The lowest BCUT2D eigenvalue weighted by atomic mass is 10.1. The Balaban J connectivity index is 3.05. The Morgan fingerprint density at radius 1 is 1.36 bits per heavy atom. The van der Waals surface area contributed by atoms with Crippen molar-refractivity contribution in [1.29, 1.82) is 0 Å². The number of benzene rings is 1. The maximum atomic E-state index is 5.80. The lowest BCUT2D eigenvalue weighted by Gasteiger charge is -2.00. The first-order chi connectivity index (χ1) is 6.77. The average Bonchev–Trinajstić information content (AvgIpc) is 2.19. The molecule has 0 saturated carbocycles. The summed E-state index contributed by atoms with van der Waals surface area (Å²) >= 11 is 5.80. The van der Waals surface area contributed by atoms with E-state index in [-0.39, 0.29) is 0 Å². The molecular weight excluding hydrogens is 194 g/mol. The van der Waals surface area contributed by atoms with Crippen molar-refractivity contribution in [2.75, 3.05) is 0 Å². The fraction of sp³-hybridized carbons (Fsp3) is 0.0833. The number of hydrogen-bond donors (Lipinski definition) is 0. The molecule has 1 nitrogen and oxygen atoms in total. The minimum Gasteiger partial charge on any atom is -0.272 e. The largest absolute Gasteiger partial charge is 0.272 e. The normalized spacial score (nSPS) is 12.0. The molecule has 0 radical (unpaired) electrons. The fourth-order valence-electron chi connectivity index (χ4n) is 1.13. The summed E-state index contributed by atoms with van der Waals surface area (Å²) in [5, 5.41) is 0.736. The average molecular weight is 206 g/mol. The Hall–Kier alpha value is -1.34. The Bertz CT molecular complexity index is 360. The van der Waals surface area contributed by atoms with Crippen molar-refractivity contribution in [3.63, 3.8) is 0 Å². The molecule has 0 spiro atoms. The quantitative estimate of drug-likeness (QED) is 0.523. The molecule has 0 amide bonds. The third kappa shape index (κ3) is 2.86. The van der Waals surface area contributed by atoms with Gasteiger partial charge in [-0.05, 0) is 36.9 Å². The van der Waals surface area contributed by atoms with E-state index in [1.165, 1.54) is 0 Å². The van der Waals surface area contributed by atoms with E-state index in [1.54, 1.807) is 6.20 Å². The SMILES string of the molecule is C=N/C=C(\C=C/C)c1ccc(Cl)cc1. The minimum atomic E-state index is 0.736. The smallest absolute Gasteiger partial charge is 0.0406 e. The molecule has 1 aromatic rings. The summed E-state index contributed by atoms with van der Waals surface area (Å²) in [6.45, 7) is 5.40. The van der Waals surface area contributed by atoms with Crippen molar-refractivity contribution in [1.82, 2.24) is 0 Å². The van der Waals surface area contributed by atoms with E-state index in [1.807, 2.05) is 43.3 Å². The second-order valence-electron chi connectivity index (χ2n) is 2.77. The maximum absolute atomic E-state index is 5.80. The standard InChI is InChI=1S/C12H12ClN/c1-3-4-11(9-14-2)10-5-7-12(13)8-6-10/h3-9H,2H2,1H3/b4-3-,11-9+. The van der Waals surface area contributed by atoms with Crippen LogP contribution in [-0.4, -0.2) is 6.72 Å². The predicted octanol–water partition coefficient (Wildman–Crippen LogP) is 3.96. The van der Waals surface area contributed by atoms with E-state index in [9.17, 15) is 0 Å². The Kier molecular flexibility index (Phi) is 4.14. The molecule has 2 heteroatoms. The molecule has 1 rings (SSSR count). The molecule has 0 saturated heterocycles. The van der Waals surface area contributed by atoms with Crippen molar-refractivity contribution in [2.45, 2.75) is 6.92 Å². The maximum Gasteiger partial charge on any atom is 0.0406 e. The summed E-state index contributed by atoms with van der Waals surface area (Å²) in [6, 6.07) is 7.63. The number of hydrogen-bond acceptors (Lipinski definition) is 1. The first kappa shape index (κ1) is 10.7. The van der Waals surface area contributed by atoms with Gasteiger partial charge in [0.15, 0.2) is 0 Å². The van der Waals surface area contributed by atoms with E-state index in [4.69, 9.17) is 11.6 Å². The highest BCUT2D eigenvalue weighted by atomic mass is 35.5. The van der Waals surface area contributed by atoms with Gasteiger partial charge in [0.1, 0.15) is 0 Å². The molecule has 0 N–H and O–H groups in total. The molecule has 0 aromatic heterocycles. The highest BCUT2D eigenvalue weighted by Crippen LogP contribution is 2.18. The van der Waals surface area contributed by atoms with Gasteiger partial charge in [-0.25, -0.2) is 0 Å². The molecule has 0 atom stereocenters. The van der Waals surface area contributed by atoms with Crippen molar-refractivity contribution >= 4 is 23.9 Å². The van der Waals surface area contributed by atoms with Crippen LogP contribution in [-0.2, 0) is 0 Å². The predicted molar refractivity (Wildman–Crippen MR) is 63.8 cm³/mol. The highest BCUT2D eigenvalue weighted by Gasteiger charge is 1.96. The molecule has 0 aliphatic rings. The van der Waals surface area contributed by atoms with E-state index < -0.39 is 0 Å². The van der Waals surface area contributed by atoms with E-state index in [0.717, 1.165) is 16.2 Å². The molecule has 0 heterocycles. The first-order valence-electron chi connectivity index (χ1n) is 4.32. The topological polar surface area (TPSA) is 12.4 Å². The zero-order valence-electron chi connectivity index (χ0n) is 8.07. The van der Waals surface area contributed by atoms with Crippen LogP contribution >= 0.6 is 11.6 Å². The van der Waals surface area contributed by atoms with E-state index >= 15 is 0 Å². The minimum absolute atomic E-state index is 0.736. The number of aliphatic imine (C=N–C) groups is 1. The lowest BCUT2D eigenvalue weighted by molar-refractivity contribution is 1.55. The molecule has 0 bridgehead atoms. The van der Waals surface area contributed by atoms with Gasteiger partial charge >= 0.3 is 0 Å². The molecule has 1 aromatic carbocycles. The summed E-state index contributed by atoms with van der Waals surface area (Å²) in [5.74, 6) is 0. The van der Waals surface area contributed by atoms with Crippen LogP contribution in [0.4, 0.5) is 0 Å². The van der Waals surface area contributed by atoms with Gasteiger partial charge in [-0.15, -0.1) is 0 Å². The zero-order valence-corrected chi connectivity index (χ0v) is 8.83. The van der Waals surface area contributed by atoms with Crippen LogP contribution in [0, 0.1) is 0 Å². The van der Waals surface area contributed by atoms with Gasteiger partial charge < -0.3 is 0 Å². The van der Waals surface area contributed by atoms with Gasteiger partial charge in [0, 0.05) is 11.2 Å². The Labute approximate surface area is 89.4 Å². The second kappa shape index (κ2) is 5.40. The molecular formula is C12H12ClN. The second-order valence-corrected chi connectivity index (χ2v) is 3.21. The van der Waals surface area contributed by atoms with Gasteiger partial charge in [0.25, 0.3) is 0 Å². The molecule has 72 valence electrons. The monoisotopic (exact) mass is 205 g/mol. The third-order valence-electron chi connectivity index (χ3n) is 1.75. The fourth-order valence-corrected chi connectivity index (χ4v) is 1.26. The number of allylic oxidation sites excluding steroid dienone is 3. The van der Waals surface area contributed by atoms with Crippen LogP contribution in [0.1, 0.15) is 12.5 Å². The van der Waals surface area contributed by atoms with E-state index in [0.29, 0.717) is 0 Å². The van der Waals surface area contributed by atoms with Crippen LogP contribution in [0.5, 0.6) is 0 Å². The first-order valence-corrected chi connectivity index (χ1v) is 4.70. The summed E-state index contributed by atoms with van der Waals surface area (Å²) in [5.41, 5.74) is 2.11. The van der Waals surface area contributed by atoms with Gasteiger partial charge in [-0.2, -0.15) is 0 Å². The van der Waals surface area contributed by atoms with Gasteiger partial charge in [0.2, 0.25) is 0 Å². The van der Waals surface area contributed by atoms with Crippen molar-refractivity contribution in [3.8, 4) is 0 Å². The third-order valence-corrected chi connectivity index (χ3v) is 2.01. The summed E-state index contributed by atoms with van der Waals surface area (Å²) in [6.07, 6.45) is 5.67. The van der Waals surface area contributed by atoms with Crippen molar-refractivity contribution in [2.24, 2.45) is 4.99 Å². The van der Waals surface area contributed by atoms with Crippen LogP contribution in [0.25, 0.3) is 5.57 Å². The van der Waals surface area contributed by atoms with Crippen LogP contribution in [0.15, 0.2) is 47.6 Å². The van der Waals surface area contributed by atoms with Crippen molar-refractivity contribution < 1.29 is 0 Å². The van der Waals surface area contributed by atoms with Gasteiger partial charge in [0.05, 0.1) is 0 Å². The highest BCUT2D eigenvalue weighted by molar-refractivity contribution is 6.30. The summed E-state index contributed by atoms with van der Waals surface area (Å²) in [7, 11) is 0. The van der Waals surface area contributed by atoms with Gasteiger partial charge in [-0.3, -0.25) is 4.99 Å². The lowest BCUT2D eigenvalue weighted by Crippen LogP contribution is -1.79. The Morgan fingerprint density at radius 2 is 2.00 bits per heavy atom. The van der Waals surface area contributed by atoms with Gasteiger partial charge in [-0.1, -0.05) is 35.9 Å². The van der Waals surface area contributed by atoms with E-state index in [2.05, 4.69) is 11.7 Å². The van der Waals surface area contributed by atoms with Crippen LogP contribution < -0.4 is 0 Å². The number of halogens is 1. The van der Waals surface area contributed by atoms with Crippen molar-refractivity contribution in [3.05, 3.63) is 53.2 Å². The van der Waals surface area contributed by atoms with Crippen LogP contribution in [0.2, 0.25) is 5.02 Å². The number of nitrogens with zero attached hydrogens (tertiary/aromatic N) is 1. The number of rotatable bonds is 3. The summed E-state index contributed by atoms with van der Waals surface area (Å²) < 4.78 is 0.